The molecule has 2 aromatic heterocycles. The van der Waals surface area contributed by atoms with Crippen LogP contribution in [0.5, 0.6) is 0 Å². The number of nitrogens with one attached hydrogen (secondary N) is 1. The summed E-state index contributed by atoms with van der Waals surface area (Å²) >= 11 is 0. The lowest BCUT2D eigenvalue weighted by Crippen LogP contribution is -2.21. The van der Waals surface area contributed by atoms with Crippen molar-refractivity contribution in [1.29, 1.82) is 0 Å². The first-order valence-corrected chi connectivity index (χ1v) is 7.18. The second-order valence-corrected chi connectivity index (χ2v) is 5.18. The lowest BCUT2D eigenvalue weighted by Gasteiger charge is -2.26. The molecule has 0 saturated heterocycles. The molecule has 4 heteroatoms. The zero-order chi connectivity index (χ0) is 13.9. The van der Waals surface area contributed by atoms with Crippen molar-refractivity contribution in [1.82, 2.24) is 9.55 Å². The Morgan fingerprint density at radius 3 is 3.15 bits per heavy atom. The molecule has 0 bridgehead atoms. The molecule has 0 amide bonds. The topological polar surface area (TPSA) is 46.9 Å². The molecule has 1 aliphatic rings. The van der Waals surface area contributed by atoms with Gasteiger partial charge in [-0.25, -0.2) is 0 Å². The molecular weight excluding hydrogens is 250 g/mol. The number of pyridine rings is 2. The molecule has 1 unspecified atom stereocenters. The minimum absolute atomic E-state index is 0.0419. The summed E-state index contributed by atoms with van der Waals surface area (Å²) in [6.07, 6.45) is 7.10. The smallest absolute Gasteiger partial charge is 0.250 e. The number of fused-ring (bicyclic) bond motifs is 1. The summed E-state index contributed by atoms with van der Waals surface area (Å²) in [5.41, 5.74) is 3.50. The van der Waals surface area contributed by atoms with Gasteiger partial charge in [0.1, 0.15) is 0 Å². The normalized spacial score (nSPS) is 17.6. The van der Waals surface area contributed by atoms with Gasteiger partial charge in [-0.05, 0) is 43.9 Å². The molecule has 1 atom stereocenters. The molecule has 0 radical (unpaired) electrons. The molecule has 1 aliphatic carbocycles. The van der Waals surface area contributed by atoms with Crippen LogP contribution < -0.4 is 10.9 Å². The molecule has 0 saturated carbocycles. The Labute approximate surface area is 118 Å². The maximum Gasteiger partial charge on any atom is 0.250 e. The van der Waals surface area contributed by atoms with Crippen LogP contribution in [0.1, 0.15) is 37.1 Å². The van der Waals surface area contributed by atoms with Gasteiger partial charge in [0, 0.05) is 25.0 Å². The molecule has 1 N–H and O–H groups in total. The molecule has 104 valence electrons. The molecule has 0 fully saturated rings. The van der Waals surface area contributed by atoms with Crippen LogP contribution in [-0.2, 0) is 13.0 Å². The molecule has 20 heavy (non-hydrogen) atoms. The van der Waals surface area contributed by atoms with Crippen molar-refractivity contribution in [2.75, 3.05) is 5.32 Å². The largest absolute Gasteiger partial charge is 0.375 e. The summed E-state index contributed by atoms with van der Waals surface area (Å²) in [5.74, 6) is 0. The summed E-state index contributed by atoms with van der Waals surface area (Å²) in [5, 5.41) is 3.52. The van der Waals surface area contributed by atoms with E-state index in [-0.39, 0.29) is 11.6 Å². The van der Waals surface area contributed by atoms with E-state index < -0.39 is 0 Å². The van der Waals surface area contributed by atoms with Gasteiger partial charge >= 0.3 is 0 Å². The van der Waals surface area contributed by atoms with Crippen molar-refractivity contribution >= 4 is 5.69 Å². The predicted molar refractivity (Wildman–Crippen MR) is 79.9 cm³/mol. The minimum atomic E-state index is 0.0419. The number of nitrogens with zero attached hydrogens (tertiary/aromatic N) is 2. The number of anilines is 1. The first kappa shape index (κ1) is 12.9. The molecule has 3 rings (SSSR count). The van der Waals surface area contributed by atoms with E-state index in [1.54, 1.807) is 10.6 Å². The van der Waals surface area contributed by atoms with E-state index >= 15 is 0 Å². The Balaban J connectivity index is 1.87. The zero-order valence-corrected chi connectivity index (χ0v) is 11.7. The maximum atomic E-state index is 11.6. The third-order valence-electron chi connectivity index (χ3n) is 3.86. The highest BCUT2D eigenvalue weighted by Crippen LogP contribution is 2.30. The SMILES string of the molecule is CCn1cc(NC2CCCc3cccnc32)ccc1=O. The van der Waals surface area contributed by atoms with Gasteiger partial charge in [0.05, 0.1) is 17.4 Å². The summed E-state index contributed by atoms with van der Waals surface area (Å²) in [7, 11) is 0. The summed E-state index contributed by atoms with van der Waals surface area (Å²) in [6.45, 7) is 2.66. The second kappa shape index (κ2) is 5.49. The third kappa shape index (κ3) is 2.46. The van der Waals surface area contributed by atoms with Crippen LogP contribution in [0.15, 0.2) is 41.5 Å². The van der Waals surface area contributed by atoms with E-state index in [1.165, 1.54) is 12.0 Å². The quantitative estimate of drug-likeness (QED) is 0.932. The van der Waals surface area contributed by atoms with Crippen molar-refractivity contribution in [3.05, 3.63) is 58.3 Å². The van der Waals surface area contributed by atoms with Crippen molar-refractivity contribution in [3.63, 3.8) is 0 Å². The molecule has 0 aliphatic heterocycles. The van der Waals surface area contributed by atoms with Gasteiger partial charge in [0.15, 0.2) is 0 Å². The monoisotopic (exact) mass is 269 g/mol. The van der Waals surface area contributed by atoms with Crippen LogP contribution in [-0.4, -0.2) is 9.55 Å². The Bertz CT molecular complexity index is 663. The molecular formula is C16H19N3O. The molecule has 4 nitrogen and oxygen atoms in total. The Kier molecular flexibility index (Phi) is 3.54. The van der Waals surface area contributed by atoms with E-state index in [0.29, 0.717) is 6.54 Å². The van der Waals surface area contributed by atoms with E-state index in [4.69, 9.17) is 0 Å². The molecule has 2 aromatic rings. The number of hydrogen-bond acceptors (Lipinski definition) is 3. The van der Waals surface area contributed by atoms with E-state index in [1.807, 2.05) is 31.5 Å². The first-order valence-electron chi connectivity index (χ1n) is 7.18. The van der Waals surface area contributed by atoms with Crippen molar-refractivity contribution in [2.45, 2.75) is 38.8 Å². The van der Waals surface area contributed by atoms with Crippen LogP contribution in [0.3, 0.4) is 0 Å². The van der Waals surface area contributed by atoms with Gasteiger partial charge in [-0.1, -0.05) is 6.07 Å². The van der Waals surface area contributed by atoms with Crippen LogP contribution in [0.25, 0.3) is 0 Å². The fourth-order valence-corrected chi connectivity index (χ4v) is 2.81. The van der Waals surface area contributed by atoms with E-state index in [2.05, 4.69) is 16.4 Å². The summed E-state index contributed by atoms with van der Waals surface area (Å²) in [4.78, 5) is 16.1. The van der Waals surface area contributed by atoms with Crippen molar-refractivity contribution in [2.24, 2.45) is 0 Å². The molecule has 2 heterocycles. The number of aromatic nitrogens is 2. The second-order valence-electron chi connectivity index (χ2n) is 5.18. The Hall–Kier alpha value is -2.10. The first-order chi connectivity index (χ1) is 9.78. The minimum Gasteiger partial charge on any atom is -0.375 e. The highest BCUT2D eigenvalue weighted by molar-refractivity contribution is 5.44. The number of hydrogen-bond donors (Lipinski definition) is 1. The van der Waals surface area contributed by atoms with Gasteiger partial charge in [-0.3, -0.25) is 9.78 Å². The van der Waals surface area contributed by atoms with Crippen molar-refractivity contribution < 1.29 is 0 Å². The number of rotatable bonds is 3. The van der Waals surface area contributed by atoms with Crippen LogP contribution >= 0.6 is 0 Å². The van der Waals surface area contributed by atoms with E-state index in [0.717, 1.165) is 24.2 Å². The van der Waals surface area contributed by atoms with Gasteiger partial charge in [0.25, 0.3) is 5.56 Å². The highest BCUT2D eigenvalue weighted by atomic mass is 16.1. The Morgan fingerprint density at radius 1 is 1.40 bits per heavy atom. The van der Waals surface area contributed by atoms with Crippen LogP contribution in [0, 0.1) is 0 Å². The molecule has 0 spiro atoms. The Morgan fingerprint density at radius 2 is 2.30 bits per heavy atom. The van der Waals surface area contributed by atoms with Gasteiger partial charge in [-0.15, -0.1) is 0 Å². The number of aryl methyl sites for hydroxylation is 2. The fourth-order valence-electron chi connectivity index (χ4n) is 2.81. The lowest BCUT2D eigenvalue weighted by molar-refractivity contribution is 0.582. The zero-order valence-electron chi connectivity index (χ0n) is 11.7. The summed E-state index contributed by atoms with van der Waals surface area (Å²) < 4.78 is 1.71. The maximum absolute atomic E-state index is 11.6. The van der Waals surface area contributed by atoms with E-state index in [9.17, 15) is 4.79 Å². The highest BCUT2D eigenvalue weighted by Gasteiger charge is 2.21. The third-order valence-corrected chi connectivity index (χ3v) is 3.86. The lowest BCUT2D eigenvalue weighted by atomic mass is 9.92. The average molecular weight is 269 g/mol. The van der Waals surface area contributed by atoms with Crippen molar-refractivity contribution in [3.8, 4) is 0 Å². The van der Waals surface area contributed by atoms with Gasteiger partial charge in [0.2, 0.25) is 0 Å². The van der Waals surface area contributed by atoms with Crippen LogP contribution in [0.2, 0.25) is 0 Å². The average Bonchev–Trinajstić information content (AvgIpc) is 2.49. The standard InChI is InChI=1S/C16H19N3O/c1-2-19-11-13(8-9-15(19)20)18-14-7-3-5-12-6-4-10-17-16(12)14/h4,6,8-11,14,18H,2-3,5,7H2,1H3. The van der Waals surface area contributed by atoms with Gasteiger partial charge < -0.3 is 9.88 Å². The van der Waals surface area contributed by atoms with Crippen LogP contribution in [0.4, 0.5) is 5.69 Å². The summed E-state index contributed by atoms with van der Waals surface area (Å²) in [6, 6.07) is 7.86. The molecule has 0 aromatic carbocycles. The van der Waals surface area contributed by atoms with Gasteiger partial charge in [-0.2, -0.15) is 0 Å². The predicted octanol–water partition coefficient (Wildman–Crippen LogP) is 2.75. The fraction of sp³-hybridized carbons (Fsp3) is 0.375.